The van der Waals surface area contributed by atoms with Crippen LogP contribution in [-0.4, -0.2) is 33.4 Å². The summed E-state index contributed by atoms with van der Waals surface area (Å²) >= 11 is 7.96. The minimum Gasteiger partial charge on any atom is -0.734 e. The van der Waals surface area contributed by atoms with Crippen molar-refractivity contribution in [1.82, 2.24) is 0 Å². The van der Waals surface area contributed by atoms with Crippen molar-refractivity contribution in [3.8, 4) is 0 Å². The third-order valence-corrected chi connectivity index (χ3v) is 1.73. The standard InChI is InChI=1S/2C5H6O3S.Ti/c2*1-3(6)2-4(7)5(8)9;/h2*2H2,1H3,(H,8,9);/q;;+2/p-2. The quantitative estimate of drug-likeness (QED) is 0.269. The number of carbonyl (C=O) groups excluding carboxylic acids is 6. The van der Waals surface area contributed by atoms with Gasteiger partial charge in [-0.05, 0) is 13.8 Å². The predicted octanol–water partition coefficient (Wildman–Crippen LogP) is -0.786. The van der Waals surface area contributed by atoms with Crippen LogP contribution in [0.25, 0.3) is 0 Å². The summed E-state index contributed by atoms with van der Waals surface area (Å²) < 4.78 is 0. The number of rotatable bonds is 6. The Kier molecular flexibility index (Phi) is 15.0. The van der Waals surface area contributed by atoms with E-state index in [1.807, 2.05) is 0 Å². The second-order valence-corrected chi connectivity index (χ2v) is 3.92. The SMILES string of the molecule is CC(=O)CC(=O)C(=O)[S-].CC(=O)CC(=O)C(=O)[S-].[Ti+2]. The first-order valence-corrected chi connectivity index (χ1v) is 5.36. The van der Waals surface area contributed by atoms with E-state index in [0.29, 0.717) is 0 Å². The Balaban J connectivity index is -0.000000256. The van der Waals surface area contributed by atoms with Crippen molar-refractivity contribution in [3.63, 3.8) is 0 Å². The monoisotopic (exact) mass is 338 g/mol. The topological polar surface area (TPSA) is 102 Å². The van der Waals surface area contributed by atoms with E-state index < -0.39 is 21.8 Å². The molecule has 0 saturated heterocycles. The number of Topliss-reactive ketones (excluding diaryl/α,β-unsaturated/α-hetero) is 4. The molecule has 0 amide bonds. The van der Waals surface area contributed by atoms with Gasteiger partial charge in [-0.25, -0.2) is 0 Å². The fourth-order valence-corrected chi connectivity index (χ4v) is 0.741. The van der Waals surface area contributed by atoms with Gasteiger partial charge in [0.15, 0.2) is 11.6 Å². The van der Waals surface area contributed by atoms with Crippen molar-refractivity contribution in [2.45, 2.75) is 26.7 Å². The number of hydrogen-bond donors (Lipinski definition) is 0. The van der Waals surface area contributed by atoms with Crippen LogP contribution in [-0.2, 0) is 75.7 Å². The van der Waals surface area contributed by atoms with Crippen LogP contribution in [0.5, 0.6) is 0 Å². The van der Waals surface area contributed by atoms with Crippen molar-refractivity contribution in [2.24, 2.45) is 0 Å². The van der Waals surface area contributed by atoms with Gasteiger partial charge >= 0.3 is 21.7 Å². The molecule has 0 aliphatic heterocycles. The first kappa shape index (κ1) is 23.3. The molecule has 0 saturated carbocycles. The molecule has 0 fully saturated rings. The van der Waals surface area contributed by atoms with Crippen LogP contribution in [0.15, 0.2) is 0 Å². The van der Waals surface area contributed by atoms with Crippen molar-refractivity contribution in [1.29, 1.82) is 0 Å². The first-order chi connectivity index (χ1) is 8.07. The van der Waals surface area contributed by atoms with Crippen LogP contribution >= 0.6 is 0 Å². The molecule has 0 aromatic carbocycles. The Morgan fingerprint density at radius 3 is 0.947 bits per heavy atom. The van der Waals surface area contributed by atoms with Crippen LogP contribution in [0.2, 0.25) is 0 Å². The molecule has 102 valence electrons. The summed E-state index contributed by atoms with van der Waals surface area (Å²) in [6.45, 7) is 2.46. The van der Waals surface area contributed by atoms with Gasteiger partial charge < -0.3 is 34.8 Å². The number of ketones is 4. The Morgan fingerprint density at radius 1 is 0.684 bits per heavy atom. The summed E-state index contributed by atoms with van der Waals surface area (Å²) in [5.74, 6) is -2.26. The number of carbonyl (C=O) groups is 6. The Bertz CT molecular complexity index is 367. The maximum atomic E-state index is 10.3. The van der Waals surface area contributed by atoms with Crippen LogP contribution in [0, 0.1) is 0 Å². The molecule has 0 atom stereocenters. The molecule has 0 spiro atoms. The first-order valence-electron chi connectivity index (χ1n) is 4.55. The van der Waals surface area contributed by atoms with Gasteiger partial charge in [0.2, 0.25) is 0 Å². The van der Waals surface area contributed by atoms with Crippen LogP contribution in [0.4, 0.5) is 0 Å². The molecule has 0 radical (unpaired) electrons. The summed E-state index contributed by atoms with van der Waals surface area (Å²) in [6, 6.07) is 0. The van der Waals surface area contributed by atoms with Gasteiger partial charge in [0.25, 0.3) is 0 Å². The molecule has 0 rings (SSSR count). The van der Waals surface area contributed by atoms with Crippen LogP contribution < -0.4 is 0 Å². The Morgan fingerprint density at radius 2 is 0.895 bits per heavy atom. The van der Waals surface area contributed by atoms with E-state index in [4.69, 9.17) is 0 Å². The predicted molar refractivity (Wildman–Crippen MR) is 65.4 cm³/mol. The zero-order valence-corrected chi connectivity index (χ0v) is 13.4. The molecule has 0 unspecified atom stereocenters. The zero-order valence-electron chi connectivity index (χ0n) is 10.2. The van der Waals surface area contributed by atoms with Gasteiger partial charge in [-0.1, -0.05) is 0 Å². The van der Waals surface area contributed by atoms with Gasteiger partial charge in [-0.2, -0.15) is 0 Å². The molecular weight excluding hydrogens is 328 g/mol. The second kappa shape index (κ2) is 12.2. The minimum atomic E-state index is -0.967. The second-order valence-electron chi connectivity index (χ2n) is 3.18. The molecule has 6 nitrogen and oxygen atoms in total. The molecule has 0 aromatic heterocycles. The summed E-state index contributed by atoms with van der Waals surface area (Å²) in [5, 5.41) is -1.93. The van der Waals surface area contributed by atoms with Crippen LogP contribution in [0.3, 0.4) is 0 Å². The maximum absolute atomic E-state index is 10.3. The molecule has 0 heterocycles. The molecule has 0 aliphatic rings. The van der Waals surface area contributed by atoms with Crippen molar-refractivity contribution < 1.29 is 50.5 Å². The third-order valence-electron chi connectivity index (χ3n) is 1.27. The van der Waals surface area contributed by atoms with Gasteiger partial charge in [-0.3, -0.25) is 19.2 Å². The van der Waals surface area contributed by atoms with E-state index in [1.54, 1.807) is 0 Å². The van der Waals surface area contributed by atoms with Gasteiger partial charge in [-0.15, -0.1) is 0 Å². The molecule has 0 aromatic rings. The van der Waals surface area contributed by atoms with Crippen molar-refractivity contribution in [2.75, 3.05) is 0 Å². The van der Waals surface area contributed by atoms with Gasteiger partial charge in [0.1, 0.15) is 11.6 Å². The Hall–Kier alpha value is -0.826. The van der Waals surface area contributed by atoms with E-state index in [1.165, 1.54) is 13.8 Å². The molecular formula is C10H10O6S2Ti. The van der Waals surface area contributed by atoms with E-state index in [2.05, 4.69) is 25.3 Å². The zero-order chi connectivity index (χ0) is 14.9. The molecule has 0 aliphatic carbocycles. The van der Waals surface area contributed by atoms with Crippen molar-refractivity contribution in [3.05, 3.63) is 0 Å². The number of hydrogen-bond acceptors (Lipinski definition) is 8. The van der Waals surface area contributed by atoms with Gasteiger partial charge in [0, 0.05) is 0 Å². The normalized spacial score (nSPS) is 8.11. The fraction of sp³-hybridized carbons (Fsp3) is 0.400. The van der Waals surface area contributed by atoms with E-state index >= 15 is 0 Å². The molecule has 19 heavy (non-hydrogen) atoms. The third kappa shape index (κ3) is 17.2. The summed E-state index contributed by atoms with van der Waals surface area (Å²) in [4.78, 5) is 60.8. The average Bonchev–Trinajstić information content (AvgIpc) is 2.16. The summed E-state index contributed by atoms with van der Waals surface area (Å²) in [5.41, 5.74) is 0. The smallest absolute Gasteiger partial charge is 0.734 e. The summed E-state index contributed by atoms with van der Waals surface area (Å²) in [7, 11) is 0. The maximum Gasteiger partial charge on any atom is 2.00 e. The van der Waals surface area contributed by atoms with E-state index in [0.717, 1.165) is 0 Å². The molecule has 9 heteroatoms. The largest absolute Gasteiger partial charge is 2.00 e. The molecule has 0 bridgehead atoms. The van der Waals surface area contributed by atoms with Crippen molar-refractivity contribution >= 4 is 58.6 Å². The van der Waals surface area contributed by atoms with Crippen LogP contribution in [0.1, 0.15) is 26.7 Å². The Labute approximate surface area is 135 Å². The minimum absolute atomic E-state index is 0. The van der Waals surface area contributed by atoms with E-state index in [9.17, 15) is 28.8 Å². The fourth-order valence-electron chi connectivity index (χ4n) is 0.597. The van der Waals surface area contributed by atoms with Gasteiger partial charge in [0.05, 0.1) is 23.1 Å². The molecule has 0 N–H and O–H groups in total. The summed E-state index contributed by atoms with van der Waals surface area (Å²) in [6.07, 6.45) is -0.718. The van der Waals surface area contributed by atoms with E-state index in [-0.39, 0.29) is 46.1 Å². The average molecular weight is 338 g/mol.